The van der Waals surface area contributed by atoms with Crippen LogP contribution in [0.1, 0.15) is 5.56 Å². The molecule has 0 bridgehead atoms. The maximum atomic E-state index is 13.2. The van der Waals surface area contributed by atoms with Gasteiger partial charge in [0.1, 0.15) is 0 Å². The minimum absolute atomic E-state index is 0.219. The number of hydrogen-bond donors (Lipinski definition) is 2. The summed E-state index contributed by atoms with van der Waals surface area (Å²) in [5.74, 6) is 2.88. The summed E-state index contributed by atoms with van der Waals surface area (Å²) in [4.78, 5) is 39.7. The standard InChI is InChI=1S/C26H27N7O2S/c1-3-23(34)28-20-5-4-6-22(15-20)33-24-18(17-31(2)26(33)35)16-27-25(30-24)29-19-7-9-21(10-8-19)32-11-13-36-14-12-32/h3-10,15-16H,1,11-14,17H2,2H3,(H,28,34)(H,27,29,30). The van der Waals surface area contributed by atoms with E-state index in [-0.39, 0.29) is 11.9 Å². The van der Waals surface area contributed by atoms with Crippen molar-refractivity contribution in [3.63, 3.8) is 0 Å². The molecule has 0 unspecified atom stereocenters. The third-order valence-corrected chi connectivity index (χ3v) is 6.98. The second kappa shape index (κ2) is 10.3. The average molecular weight is 502 g/mol. The molecule has 0 spiro atoms. The number of carbonyl (C=O) groups is 2. The molecule has 10 heteroatoms. The third-order valence-electron chi connectivity index (χ3n) is 6.04. The first-order valence-corrected chi connectivity index (χ1v) is 12.8. The normalized spacial score (nSPS) is 15.4. The largest absolute Gasteiger partial charge is 0.370 e. The van der Waals surface area contributed by atoms with E-state index in [1.165, 1.54) is 16.7 Å². The molecule has 9 nitrogen and oxygen atoms in total. The molecule has 2 aromatic carbocycles. The minimum Gasteiger partial charge on any atom is -0.370 e. The van der Waals surface area contributed by atoms with Gasteiger partial charge < -0.3 is 20.4 Å². The van der Waals surface area contributed by atoms with E-state index in [0.717, 1.165) is 35.8 Å². The molecule has 0 atom stereocenters. The highest BCUT2D eigenvalue weighted by Crippen LogP contribution is 2.34. The number of nitrogens with zero attached hydrogens (tertiary/aromatic N) is 5. The second-order valence-corrected chi connectivity index (χ2v) is 9.76. The molecule has 0 saturated carbocycles. The summed E-state index contributed by atoms with van der Waals surface area (Å²) in [6.07, 6.45) is 2.94. The lowest BCUT2D eigenvalue weighted by Crippen LogP contribution is -2.43. The molecule has 3 amide bonds. The molecule has 2 N–H and O–H groups in total. The molecule has 184 valence electrons. The van der Waals surface area contributed by atoms with Crippen molar-refractivity contribution >= 4 is 58.2 Å². The van der Waals surface area contributed by atoms with Gasteiger partial charge in [-0.2, -0.15) is 16.7 Å². The summed E-state index contributed by atoms with van der Waals surface area (Å²) in [7, 11) is 1.73. The second-order valence-electron chi connectivity index (χ2n) is 8.53. The van der Waals surface area contributed by atoms with Crippen molar-refractivity contribution in [1.29, 1.82) is 0 Å². The smallest absolute Gasteiger partial charge is 0.330 e. The highest BCUT2D eigenvalue weighted by Gasteiger charge is 2.31. The van der Waals surface area contributed by atoms with Crippen LogP contribution in [0.25, 0.3) is 0 Å². The lowest BCUT2D eigenvalue weighted by Gasteiger charge is -2.34. The van der Waals surface area contributed by atoms with Crippen molar-refractivity contribution in [2.75, 3.05) is 52.1 Å². The third kappa shape index (κ3) is 4.99. The fourth-order valence-electron chi connectivity index (χ4n) is 4.20. The van der Waals surface area contributed by atoms with Crippen LogP contribution in [0, 0.1) is 0 Å². The summed E-state index contributed by atoms with van der Waals surface area (Å²) in [5, 5.41) is 6.00. The number of urea groups is 1. The Labute approximate surface area is 214 Å². The summed E-state index contributed by atoms with van der Waals surface area (Å²) < 4.78 is 0. The fourth-order valence-corrected chi connectivity index (χ4v) is 5.11. The van der Waals surface area contributed by atoms with Gasteiger partial charge in [0.25, 0.3) is 0 Å². The highest BCUT2D eigenvalue weighted by molar-refractivity contribution is 7.99. The molecule has 3 heterocycles. The van der Waals surface area contributed by atoms with Crippen molar-refractivity contribution in [2.45, 2.75) is 6.54 Å². The molecule has 0 aliphatic carbocycles. The molecule has 1 aromatic heterocycles. The predicted molar refractivity (Wildman–Crippen MR) is 146 cm³/mol. The number of thioether (sulfide) groups is 1. The molecule has 0 radical (unpaired) electrons. The summed E-state index contributed by atoms with van der Waals surface area (Å²) in [6, 6.07) is 15.1. The van der Waals surface area contributed by atoms with Gasteiger partial charge in [-0.3, -0.25) is 4.79 Å². The van der Waals surface area contributed by atoms with Crippen LogP contribution in [0.2, 0.25) is 0 Å². The van der Waals surface area contributed by atoms with Crippen LogP contribution >= 0.6 is 11.8 Å². The Hall–Kier alpha value is -4.05. The number of carbonyl (C=O) groups excluding carboxylic acids is 2. The first-order chi connectivity index (χ1) is 17.5. The van der Waals surface area contributed by atoms with Gasteiger partial charge >= 0.3 is 6.03 Å². The quantitative estimate of drug-likeness (QED) is 0.477. The number of rotatable bonds is 6. The van der Waals surface area contributed by atoms with Gasteiger partial charge in [-0.05, 0) is 48.5 Å². The van der Waals surface area contributed by atoms with Crippen molar-refractivity contribution in [3.8, 4) is 0 Å². The van der Waals surface area contributed by atoms with Gasteiger partial charge in [-0.1, -0.05) is 12.6 Å². The van der Waals surface area contributed by atoms with Crippen LogP contribution in [-0.2, 0) is 11.3 Å². The van der Waals surface area contributed by atoms with E-state index in [0.29, 0.717) is 29.7 Å². The number of aromatic nitrogens is 2. The summed E-state index contributed by atoms with van der Waals surface area (Å²) in [6.45, 7) is 6.00. The van der Waals surface area contributed by atoms with Crippen LogP contribution in [0.4, 0.5) is 39.3 Å². The lowest BCUT2D eigenvalue weighted by molar-refractivity contribution is -0.111. The van der Waals surface area contributed by atoms with Crippen LogP contribution in [0.5, 0.6) is 0 Å². The Bertz CT molecular complexity index is 1290. The molecule has 2 aliphatic heterocycles. The number of fused-ring (bicyclic) bond motifs is 1. The summed E-state index contributed by atoms with van der Waals surface area (Å²) >= 11 is 1.99. The minimum atomic E-state index is -0.325. The SMILES string of the molecule is C=CC(=O)Nc1cccc(N2C(=O)N(C)Cc3cnc(Nc4ccc(N5CCSCC5)cc4)nc32)c1. The first kappa shape index (κ1) is 23.7. The zero-order chi connectivity index (χ0) is 25.1. The zero-order valence-electron chi connectivity index (χ0n) is 20.0. The van der Waals surface area contributed by atoms with Crippen LogP contribution in [0.15, 0.2) is 67.4 Å². The number of benzene rings is 2. The molecule has 2 aliphatic rings. The number of amides is 3. The number of anilines is 6. The molecule has 3 aromatic rings. The van der Waals surface area contributed by atoms with E-state index < -0.39 is 0 Å². The van der Waals surface area contributed by atoms with Crippen LogP contribution < -0.4 is 20.4 Å². The van der Waals surface area contributed by atoms with E-state index in [4.69, 9.17) is 4.98 Å². The van der Waals surface area contributed by atoms with Gasteiger partial charge in [0, 0.05) is 60.5 Å². The van der Waals surface area contributed by atoms with E-state index >= 15 is 0 Å². The van der Waals surface area contributed by atoms with E-state index in [2.05, 4.69) is 39.2 Å². The van der Waals surface area contributed by atoms with Gasteiger partial charge in [-0.25, -0.2) is 14.7 Å². The molecular formula is C26H27N7O2S. The molecule has 36 heavy (non-hydrogen) atoms. The molecule has 1 saturated heterocycles. The van der Waals surface area contributed by atoms with E-state index in [9.17, 15) is 9.59 Å². The number of nitrogens with one attached hydrogen (secondary N) is 2. The summed E-state index contributed by atoms with van der Waals surface area (Å²) in [5.41, 5.74) is 4.03. The van der Waals surface area contributed by atoms with Crippen molar-refractivity contribution < 1.29 is 9.59 Å². The molecular weight excluding hydrogens is 474 g/mol. The Balaban J connectivity index is 1.41. The monoisotopic (exact) mass is 501 g/mol. The zero-order valence-corrected chi connectivity index (χ0v) is 20.8. The van der Waals surface area contributed by atoms with Gasteiger partial charge in [0.15, 0.2) is 5.82 Å². The van der Waals surface area contributed by atoms with E-state index in [1.54, 1.807) is 42.4 Å². The topological polar surface area (TPSA) is 93.7 Å². The Morgan fingerprint density at radius 2 is 1.86 bits per heavy atom. The first-order valence-electron chi connectivity index (χ1n) is 11.7. The van der Waals surface area contributed by atoms with Gasteiger partial charge in [-0.15, -0.1) is 0 Å². The Morgan fingerprint density at radius 1 is 1.08 bits per heavy atom. The van der Waals surface area contributed by atoms with Crippen LogP contribution in [-0.4, -0.2) is 58.4 Å². The maximum Gasteiger partial charge on any atom is 0.330 e. The molecule has 1 fully saturated rings. The number of hydrogen-bond acceptors (Lipinski definition) is 7. The van der Waals surface area contributed by atoms with Gasteiger partial charge in [0.05, 0.1) is 12.2 Å². The van der Waals surface area contributed by atoms with Gasteiger partial charge in [0.2, 0.25) is 11.9 Å². The fraction of sp³-hybridized carbons (Fsp3) is 0.231. The van der Waals surface area contributed by atoms with Crippen molar-refractivity contribution in [2.24, 2.45) is 0 Å². The van der Waals surface area contributed by atoms with Crippen molar-refractivity contribution in [1.82, 2.24) is 14.9 Å². The average Bonchev–Trinajstić information content (AvgIpc) is 2.91. The lowest BCUT2D eigenvalue weighted by atomic mass is 10.2. The maximum absolute atomic E-state index is 13.2. The van der Waals surface area contributed by atoms with Crippen molar-refractivity contribution in [3.05, 3.63) is 72.9 Å². The van der Waals surface area contributed by atoms with E-state index in [1.807, 2.05) is 23.9 Å². The molecule has 5 rings (SSSR count). The Morgan fingerprint density at radius 3 is 2.61 bits per heavy atom. The highest BCUT2D eigenvalue weighted by atomic mass is 32.2. The predicted octanol–water partition coefficient (Wildman–Crippen LogP) is 4.60. The van der Waals surface area contributed by atoms with Crippen LogP contribution in [0.3, 0.4) is 0 Å². The Kier molecular flexibility index (Phi) is 6.77.